The molecule has 3 aromatic rings. The van der Waals surface area contributed by atoms with Crippen molar-refractivity contribution in [1.82, 2.24) is 14.9 Å². The molecule has 0 aliphatic rings. The van der Waals surface area contributed by atoms with Gasteiger partial charge in [0.25, 0.3) is 5.91 Å². The lowest BCUT2D eigenvalue weighted by molar-refractivity contribution is 0.0955. The Labute approximate surface area is 164 Å². The van der Waals surface area contributed by atoms with E-state index >= 15 is 0 Å². The number of benzene rings is 1. The van der Waals surface area contributed by atoms with Crippen LogP contribution in [0.4, 0.5) is 0 Å². The van der Waals surface area contributed by atoms with E-state index < -0.39 is 0 Å². The van der Waals surface area contributed by atoms with Crippen LogP contribution in [-0.4, -0.2) is 35.7 Å². The average Bonchev–Trinajstić information content (AvgIpc) is 3.25. The van der Waals surface area contributed by atoms with Gasteiger partial charge in [0.15, 0.2) is 0 Å². The van der Waals surface area contributed by atoms with Crippen molar-refractivity contribution < 1.29 is 9.53 Å². The van der Waals surface area contributed by atoms with Gasteiger partial charge in [0.05, 0.1) is 22.9 Å². The summed E-state index contributed by atoms with van der Waals surface area (Å²) < 4.78 is 7.25. The normalized spacial score (nSPS) is 11.9. The molecular formula is C21H27N3O2S. The van der Waals surface area contributed by atoms with Gasteiger partial charge in [-0.25, -0.2) is 4.98 Å². The van der Waals surface area contributed by atoms with Gasteiger partial charge in [0.1, 0.15) is 0 Å². The van der Waals surface area contributed by atoms with E-state index in [4.69, 9.17) is 4.74 Å². The van der Waals surface area contributed by atoms with E-state index in [0.29, 0.717) is 18.7 Å². The number of methoxy groups -OCH3 is 1. The molecule has 27 heavy (non-hydrogen) atoms. The Bertz CT molecular complexity index is 921. The van der Waals surface area contributed by atoms with Crippen LogP contribution in [0, 0.1) is 0 Å². The molecule has 6 heteroatoms. The Balaban J connectivity index is 1.67. The van der Waals surface area contributed by atoms with E-state index in [1.165, 1.54) is 0 Å². The van der Waals surface area contributed by atoms with Crippen LogP contribution in [0.1, 0.15) is 41.8 Å². The van der Waals surface area contributed by atoms with Gasteiger partial charge in [-0.1, -0.05) is 39.0 Å². The number of hydrogen-bond donors (Lipinski definition) is 1. The quantitative estimate of drug-likeness (QED) is 0.668. The van der Waals surface area contributed by atoms with Gasteiger partial charge in [-0.15, -0.1) is 11.3 Å². The fraction of sp³-hybridized carbons (Fsp3) is 0.429. The number of carbonyl (C=O) groups excluding carboxylic acids is 1. The van der Waals surface area contributed by atoms with Crippen LogP contribution < -0.4 is 5.32 Å². The van der Waals surface area contributed by atoms with E-state index in [1.54, 1.807) is 18.4 Å². The highest BCUT2D eigenvalue weighted by molar-refractivity contribution is 7.09. The number of ether oxygens (including phenoxy) is 1. The molecule has 1 aromatic carbocycles. The summed E-state index contributed by atoms with van der Waals surface area (Å²) in [6.07, 6.45) is 2.66. The number of para-hydroxylation sites is 1. The van der Waals surface area contributed by atoms with Crippen molar-refractivity contribution >= 4 is 28.1 Å². The Kier molecular flexibility index (Phi) is 5.97. The van der Waals surface area contributed by atoms with Crippen LogP contribution in [0.3, 0.4) is 0 Å². The second kappa shape index (κ2) is 8.23. The largest absolute Gasteiger partial charge is 0.383 e. The third-order valence-electron chi connectivity index (χ3n) is 4.51. The number of rotatable bonds is 7. The van der Waals surface area contributed by atoms with E-state index in [2.05, 4.69) is 41.0 Å². The number of nitrogens with one attached hydrogen (secondary N) is 1. The number of fused-ring (bicyclic) bond motifs is 1. The first kappa shape index (κ1) is 19.6. The summed E-state index contributed by atoms with van der Waals surface area (Å²) >= 11 is 1.66. The van der Waals surface area contributed by atoms with Crippen molar-refractivity contribution in [1.29, 1.82) is 0 Å². The topological polar surface area (TPSA) is 56.1 Å². The van der Waals surface area contributed by atoms with Gasteiger partial charge in [0.2, 0.25) is 0 Å². The van der Waals surface area contributed by atoms with E-state index in [1.807, 2.05) is 30.5 Å². The Morgan fingerprint density at radius 2 is 2.07 bits per heavy atom. The molecule has 0 spiro atoms. The second-order valence-corrected chi connectivity index (χ2v) is 8.57. The molecule has 0 atom stereocenters. The number of carbonyl (C=O) groups is 1. The molecular weight excluding hydrogens is 358 g/mol. The minimum Gasteiger partial charge on any atom is -0.383 e. The molecule has 0 fully saturated rings. The zero-order valence-electron chi connectivity index (χ0n) is 16.4. The van der Waals surface area contributed by atoms with Gasteiger partial charge in [-0.3, -0.25) is 4.79 Å². The van der Waals surface area contributed by atoms with Crippen LogP contribution in [0.25, 0.3) is 10.9 Å². The van der Waals surface area contributed by atoms with Crippen molar-refractivity contribution in [3.8, 4) is 0 Å². The molecule has 0 aliphatic heterocycles. The first-order valence-electron chi connectivity index (χ1n) is 9.20. The predicted octanol–water partition coefficient (Wildman–Crippen LogP) is 4.01. The first-order chi connectivity index (χ1) is 12.9. The SMILES string of the molecule is COCCn1cc(C(=O)NCCc2nc(C(C)(C)C)cs2)c2ccccc21. The second-order valence-electron chi connectivity index (χ2n) is 7.63. The van der Waals surface area contributed by atoms with Crippen molar-refractivity contribution in [2.75, 3.05) is 20.3 Å². The highest BCUT2D eigenvalue weighted by atomic mass is 32.1. The maximum absolute atomic E-state index is 12.7. The van der Waals surface area contributed by atoms with Crippen LogP contribution in [-0.2, 0) is 23.1 Å². The lowest BCUT2D eigenvalue weighted by Crippen LogP contribution is -2.25. The molecule has 0 bridgehead atoms. The summed E-state index contributed by atoms with van der Waals surface area (Å²) in [5.74, 6) is -0.0463. The lowest BCUT2D eigenvalue weighted by atomic mass is 9.93. The third kappa shape index (κ3) is 4.57. The molecule has 0 aliphatic carbocycles. The van der Waals surface area contributed by atoms with E-state index in [0.717, 1.165) is 34.6 Å². The first-order valence-corrected chi connectivity index (χ1v) is 10.1. The fourth-order valence-electron chi connectivity index (χ4n) is 2.95. The van der Waals surface area contributed by atoms with Gasteiger partial charge < -0.3 is 14.6 Å². The lowest BCUT2D eigenvalue weighted by Gasteiger charge is -2.14. The monoisotopic (exact) mass is 385 g/mol. The number of thiazole rings is 1. The zero-order chi connectivity index (χ0) is 19.4. The van der Waals surface area contributed by atoms with Crippen molar-refractivity contribution in [3.05, 3.63) is 52.1 Å². The number of hydrogen-bond acceptors (Lipinski definition) is 4. The Morgan fingerprint density at radius 1 is 1.30 bits per heavy atom. The Morgan fingerprint density at radius 3 is 2.78 bits per heavy atom. The third-order valence-corrected chi connectivity index (χ3v) is 5.42. The number of nitrogens with zero attached hydrogens (tertiary/aromatic N) is 2. The Hall–Kier alpha value is -2.18. The van der Waals surface area contributed by atoms with Crippen LogP contribution in [0.2, 0.25) is 0 Å². The standard InChI is InChI=1S/C21H27N3O2S/c1-21(2,3)18-14-27-19(23-18)9-10-22-20(25)16-13-24(11-12-26-4)17-8-6-5-7-15(16)17/h5-8,13-14H,9-12H2,1-4H3,(H,22,25). The van der Waals surface area contributed by atoms with Gasteiger partial charge in [-0.05, 0) is 6.07 Å². The minimum absolute atomic E-state index is 0.0463. The molecule has 144 valence electrons. The molecule has 0 saturated carbocycles. The van der Waals surface area contributed by atoms with E-state index in [-0.39, 0.29) is 11.3 Å². The molecule has 3 rings (SSSR count). The van der Waals surface area contributed by atoms with Crippen molar-refractivity contribution in [2.45, 2.75) is 39.2 Å². The van der Waals surface area contributed by atoms with Crippen molar-refractivity contribution in [2.24, 2.45) is 0 Å². The molecule has 2 heterocycles. The average molecular weight is 386 g/mol. The summed E-state index contributed by atoms with van der Waals surface area (Å²) in [6.45, 7) is 8.39. The van der Waals surface area contributed by atoms with Crippen LogP contribution >= 0.6 is 11.3 Å². The maximum atomic E-state index is 12.7. The van der Waals surface area contributed by atoms with Crippen LogP contribution in [0.5, 0.6) is 0 Å². The summed E-state index contributed by atoms with van der Waals surface area (Å²) in [7, 11) is 1.68. The summed E-state index contributed by atoms with van der Waals surface area (Å²) in [5.41, 5.74) is 2.92. The molecule has 0 radical (unpaired) electrons. The van der Waals surface area contributed by atoms with Gasteiger partial charge >= 0.3 is 0 Å². The molecule has 2 aromatic heterocycles. The molecule has 1 amide bonds. The summed E-state index contributed by atoms with van der Waals surface area (Å²) in [4.78, 5) is 17.4. The van der Waals surface area contributed by atoms with Crippen LogP contribution in [0.15, 0.2) is 35.8 Å². The smallest absolute Gasteiger partial charge is 0.253 e. The summed E-state index contributed by atoms with van der Waals surface area (Å²) in [5, 5.41) is 7.18. The molecule has 0 unspecified atom stereocenters. The number of aromatic nitrogens is 2. The predicted molar refractivity (Wildman–Crippen MR) is 111 cm³/mol. The van der Waals surface area contributed by atoms with Crippen molar-refractivity contribution in [3.63, 3.8) is 0 Å². The van der Waals surface area contributed by atoms with Gasteiger partial charge in [-0.2, -0.15) is 0 Å². The summed E-state index contributed by atoms with van der Waals surface area (Å²) in [6, 6.07) is 7.97. The van der Waals surface area contributed by atoms with E-state index in [9.17, 15) is 4.79 Å². The molecule has 1 N–H and O–H groups in total. The molecule has 0 saturated heterocycles. The zero-order valence-corrected chi connectivity index (χ0v) is 17.2. The van der Waals surface area contributed by atoms with Gasteiger partial charge in [0, 0.05) is 54.5 Å². The maximum Gasteiger partial charge on any atom is 0.253 e. The minimum atomic E-state index is -0.0463. The fourth-order valence-corrected chi connectivity index (χ4v) is 3.98. The highest BCUT2D eigenvalue weighted by Gasteiger charge is 2.18. The number of amides is 1. The molecule has 5 nitrogen and oxygen atoms in total. The highest BCUT2D eigenvalue weighted by Crippen LogP contribution is 2.24.